The molecule has 68 heavy (non-hydrogen) atoms. The van der Waals surface area contributed by atoms with Crippen LogP contribution in [0.2, 0.25) is 0 Å². The number of thiophene rings is 1. The Kier molecular flexibility index (Phi) is 8.38. The summed E-state index contributed by atoms with van der Waals surface area (Å²) >= 11 is 2.06. The van der Waals surface area contributed by atoms with Crippen LogP contribution in [0.3, 0.4) is 0 Å². The van der Waals surface area contributed by atoms with Gasteiger partial charge in [0.25, 0.3) is 6.71 Å². The number of fused-ring (bicyclic) bond motifs is 15. The van der Waals surface area contributed by atoms with E-state index in [1.807, 2.05) is 0 Å². The minimum atomic E-state index is -0.479. The van der Waals surface area contributed by atoms with Crippen LogP contribution in [0.4, 0.5) is 34.1 Å². The molecule has 0 unspecified atom stereocenters. The van der Waals surface area contributed by atoms with Gasteiger partial charge in [-0.1, -0.05) is 196 Å². The van der Waals surface area contributed by atoms with Crippen LogP contribution in [0.25, 0.3) is 44.5 Å². The van der Waals surface area contributed by atoms with Crippen LogP contribution in [0, 0.1) is 6.92 Å². The first kappa shape index (κ1) is 39.5. The molecular formula is C64H47BN2S. The molecular weight excluding hydrogens is 840 g/mol. The van der Waals surface area contributed by atoms with Crippen molar-refractivity contribution in [1.82, 2.24) is 0 Å². The van der Waals surface area contributed by atoms with E-state index in [0.717, 1.165) is 5.69 Å². The van der Waals surface area contributed by atoms with Crippen LogP contribution in [-0.2, 0) is 10.8 Å². The number of hydrogen-bond donors (Lipinski definition) is 0. The van der Waals surface area contributed by atoms with Crippen molar-refractivity contribution in [2.45, 2.75) is 38.5 Å². The number of rotatable bonds is 4. The number of aryl methyl sites for hydroxylation is 1. The molecule has 0 N–H and O–H groups in total. The van der Waals surface area contributed by atoms with Crippen LogP contribution < -0.4 is 25.5 Å². The van der Waals surface area contributed by atoms with Crippen molar-refractivity contribution >= 4 is 67.9 Å². The van der Waals surface area contributed by atoms with Crippen molar-refractivity contribution in [3.05, 3.63) is 245 Å². The van der Waals surface area contributed by atoms with Crippen LogP contribution in [-0.4, -0.2) is 6.71 Å². The van der Waals surface area contributed by atoms with Gasteiger partial charge >= 0.3 is 0 Å². The number of hydrogen-bond acceptors (Lipinski definition) is 3. The van der Waals surface area contributed by atoms with Gasteiger partial charge in [-0.2, -0.15) is 0 Å². The smallest absolute Gasteiger partial charge is 0.264 e. The van der Waals surface area contributed by atoms with Gasteiger partial charge in [-0.15, -0.1) is 11.3 Å². The molecule has 4 aliphatic rings. The largest absolute Gasteiger partial charge is 0.311 e. The van der Waals surface area contributed by atoms with E-state index in [1.54, 1.807) is 0 Å². The van der Waals surface area contributed by atoms with Crippen molar-refractivity contribution in [3.63, 3.8) is 0 Å². The number of benzene rings is 9. The topological polar surface area (TPSA) is 6.48 Å². The molecule has 0 atom stereocenters. The molecule has 0 amide bonds. The molecule has 14 rings (SSSR count). The van der Waals surface area contributed by atoms with Crippen molar-refractivity contribution in [2.75, 3.05) is 9.80 Å². The molecule has 322 valence electrons. The van der Waals surface area contributed by atoms with Crippen molar-refractivity contribution in [1.29, 1.82) is 0 Å². The molecule has 2 aliphatic carbocycles. The van der Waals surface area contributed by atoms with Gasteiger partial charge in [0.15, 0.2) is 0 Å². The first-order valence-electron chi connectivity index (χ1n) is 24.0. The van der Waals surface area contributed by atoms with E-state index in [1.165, 1.54) is 121 Å². The van der Waals surface area contributed by atoms with Gasteiger partial charge in [-0.25, -0.2) is 0 Å². The summed E-state index contributed by atoms with van der Waals surface area (Å²) in [6.45, 7) is 9.23. The fourth-order valence-electron chi connectivity index (χ4n) is 12.3. The summed E-state index contributed by atoms with van der Waals surface area (Å²) in [5.74, 6) is 0. The summed E-state index contributed by atoms with van der Waals surface area (Å²) in [5.41, 5.74) is 26.5. The Bertz CT molecular complexity index is 3650. The average Bonchev–Trinajstić information content (AvgIpc) is 4.01. The molecule has 1 spiro atoms. The van der Waals surface area contributed by atoms with Gasteiger partial charge in [-0.05, 0) is 127 Å². The molecule has 3 heterocycles. The maximum absolute atomic E-state index is 2.63. The lowest BCUT2D eigenvalue weighted by Crippen LogP contribution is -2.60. The standard InChI is InChI=1S/C64H47BN2S/c1-40-30-34-45(35-31-40)67-56-29-17-28-55-59(56)65(54-37-32-42(38-57(54)66(55)44-20-9-6-10-21-44)47-23-12-11-22-46(47)41-18-7-5-8-19-41)62-60(67)58-50-36-33-43(63(2,3)4)39-53(50)64(61(58)68-62)51-26-15-13-24-48(51)49-25-14-16-27-52(49)64/h5-39H,1-4H3. The third kappa shape index (κ3) is 5.35. The molecule has 0 bridgehead atoms. The lowest BCUT2D eigenvalue weighted by molar-refractivity contribution is 0.588. The van der Waals surface area contributed by atoms with E-state index >= 15 is 0 Å². The van der Waals surface area contributed by atoms with E-state index < -0.39 is 5.41 Å². The van der Waals surface area contributed by atoms with E-state index in [9.17, 15) is 0 Å². The zero-order valence-electron chi connectivity index (χ0n) is 38.6. The molecule has 2 nitrogen and oxygen atoms in total. The molecule has 9 aromatic carbocycles. The normalized spacial score (nSPS) is 14.2. The van der Waals surface area contributed by atoms with E-state index in [4.69, 9.17) is 0 Å². The second kappa shape index (κ2) is 14.4. The second-order valence-corrected chi connectivity index (χ2v) is 21.1. The highest BCUT2D eigenvalue weighted by atomic mass is 32.1. The third-order valence-electron chi connectivity index (χ3n) is 15.3. The number of anilines is 6. The first-order valence-corrected chi connectivity index (χ1v) is 24.8. The van der Waals surface area contributed by atoms with Gasteiger partial charge < -0.3 is 9.80 Å². The molecule has 0 saturated carbocycles. The van der Waals surface area contributed by atoms with Crippen molar-refractivity contribution in [2.24, 2.45) is 0 Å². The van der Waals surface area contributed by atoms with Crippen LogP contribution >= 0.6 is 11.3 Å². The minimum Gasteiger partial charge on any atom is -0.311 e. The number of para-hydroxylation sites is 1. The van der Waals surface area contributed by atoms with Gasteiger partial charge in [0.05, 0.1) is 11.1 Å². The highest BCUT2D eigenvalue weighted by molar-refractivity contribution is 7.30. The zero-order chi connectivity index (χ0) is 45.5. The zero-order valence-corrected chi connectivity index (χ0v) is 39.4. The molecule has 0 fully saturated rings. The van der Waals surface area contributed by atoms with Gasteiger partial charge in [0.1, 0.15) is 0 Å². The van der Waals surface area contributed by atoms with E-state index in [-0.39, 0.29) is 12.1 Å². The molecule has 0 radical (unpaired) electrons. The predicted octanol–water partition coefficient (Wildman–Crippen LogP) is 15.1. The summed E-state index contributed by atoms with van der Waals surface area (Å²) in [6.07, 6.45) is 0. The van der Waals surface area contributed by atoms with Gasteiger partial charge in [0.2, 0.25) is 0 Å². The van der Waals surface area contributed by atoms with Gasteiger partial charge in [0, 0.05) is 43.7 Å². The second-order valence-electron chi connectivity index (χ2n) is 20.0. The predicted molar refractivity (Wildman–Crippen MR) is 289 cm³/mol. The molecule has 0 saturated heterocycles. The van der Waals surface area contributed by atoms with Gasteiger partial charge in [-0.3, -0.25) is 0 Å². The Morgan fingerprint density at radius 3 is 1.72 bits per heavy atom. The molecule has 10 aromatic rings. The lowest BCUT2D eigenvalue weighted by atomic mass is 9.36. The summed E-state index contributed by atoms with van der Waals surface area (Å²) in [6, 6.07) is 80.2. The van der Waals surface area contributed by atoms with Crippen molar-refractivity contribution < 1.29 is 0 Å². The molecule has 4 heteroatoms. The Labute approximate surface area is 403 Å². The Hall–Kier alpha value is -7.66. The lowest BCUT2D eigenvalue weighted by Gasteiger charge is -2.43. The SMILES string of the molecule is Cc1ccc(N2c3cccc4c3B(c3ccc(-c5ccccc5-c5ccccc5)cc3N4c3ccccc3)c3sc4c(c32)-c2ccc(C(C)(C)C)cc2C42c3ccccc3-c3ccccc32)cc1. The van der Waals surface area contributed by atoms with E-state index in [0.29, 0.717) is 0 Å². The summed E-state index contributed by atoms with van der Waals surface area (Å²) in [4.78, 5) is 6.59. The fraction of sp³-hybridized carbons (Fsp3) is 0.0938. The summed E-state index contributed by atoms with van der Waals surface area (Å²) in [5, 5.41) is 0. The quantitative estimate of drug-likeness (QED) is 0.163. The summed E-state index contributed by atoms with van der Waals surface area (Å²) in [7, 11) is 0. The third-order valence-corrected chi connectivity index (χ3v) is 16.7. The first-order chi connectivity index (χ1) is 33.3. The minimum absolute atomic E-state index is 0.0110. The highest BCUT2D eigenvalue weighted by Gasteiger charge is 2.57. The summed E-state index contributed by atoms with van der Waals surface area (Å²) < 4.78 is 1.40. The number of nitrogens with zero attached hydrogens (tertiary/aromatic N) is 2. The monoisotopic (exact) mass is 886 g/mol. The highest BCUT2D eigenvalue weighted by Crippen LogP contribution is 2.67. The van der Waals surface area contributed by atoms with Crippen LogP contribution in [0.5, 0.6) is 0 Å². The van der Waals surface area contributed by atoms with Crippen LogP contribution in [0.15, 0.2) is 212 Å². The fourth-order valence-corrected chi connectivity index (χ4v) is 13.9. The Balaban J connectivity index is 1.10. The Morgan fingerprint density at radius 1 is 0.456 bits per heavy atom. The molecule has 1 aromatic heterocycles. The molecule has 2 aliphatic heterocycles. The maximum Gasteiger partial charge on any atom is 0.264 e. The van der Waals surface area contributed by atoms with Crippen LogP contribution in [0.1, 0.15) is 53.5 Å². The Morgan fingerprint density at radius 2 is 1.04 bits per heavy atom. The maximum atomic E-state index is 2.63. The van der Waals surface area contributed by atoms with Crippen molar-refractivity contribution in [3.8, 4) is 44.5 Å². The average molecular weight is 887 g/mol. The van der Waals surface area contributed by atoms with E-state index in [2.05, 4.69) is 261 Å².